The van der Waals surface area contributed by atoms with E-state index in [1.54, 1.807) is 11.3 Å². The number of hydrogen-bond acceptors (Lipinski definition) is 4. The third-order valence-corrected chi connectivity index (χ3v) is 4.88. The standard InChI is InChI=1S/C12H16N2S2/c1-8-6-12(16-9(8)2)11(14-13)7-10-4-3-5-15-10/h3-6,11,14H,7,13H2,1-2H3. The number of nitrogens with two attached hydrogens (primary N) is 1. The number of aryl methyl sites for hydroxylation is 2. The van der Waals surface area contributed by atoms with Crippen LogP contribution in [0.1, 0.15) is 26.2 Å². The average molecular weight is 252 g/mol. The van der Waals surface area contributed by atoms with Crippen molar-refractivity contribution in [3.05, 3.63) is 43.8 Å². The van der Waals surface area contributed by atoms with Gasteiger partial charge in [-0.3, -0.25) is 11.3 Å². The Morgan fingerprint density at radius 2 is 2.25 bits per heavy atom. The Bertz CT molecular complexity index is 426. The lowest BCUT2D eigenvalue weighted by molar-refractivity contribution is 0.564. The maximum Gasteiger partial charge on any atom is 0.0601 e. The first-order valence-electron chi connectivity index (χ1n) is 5.26. The molecule has 2 rings (SSSR count). The van der Waals surface area contributed by atoms with Crippen molar-refractivity contribution in [1.82, 2.24) is 5.43 Å². The summed E-state index contributed by atoms with van der Waals surface area (Å²) in [6.07, 6.45) is 0.966. The highest BCUT2D eigenvalue weighted by molar-refractivity contribution is 7.12. The highest BCUT2D eigenvalue weighted by Crippen LogP contribution is 2.29. The lowest BCUT2D eigenvalue weighted by Gasteiger charge is -2.12. The minimum atomic E-state index is 0.232. The highest BCUT2D eigenvalue weighted by atomic mass is 32.1. The molecule has 0 spiro atoms. The van der Waals surface area contributed by atoms with E-state index in [1.165, 1.54) is 20.2 Å². The van der Waals surface area contributed by atoms with Crippen LogP contribution >= 0.6 is 22.7 Å². The van der Waals surface area contributed by atoms with Crippen LogP contribution in [0.15, 0.2) is 23.6 Å². The first-order valence-corrected chi connectivity index (χ1v) is 6.95. The molecule has 2 heterocycles. The number of hydrogen-bond donors (Lipinski definition) is 2. The number of thiophene rings is 2. The van der Waals surface area contributed by atoms with Gasteiger partial charge in [-0.05, 0) is 36.9 Å². The second-order valence-corrected chi connectivity index (χ2v) is 6.21. The summed E-state index contributed by atoms with van der Waals surface area (Å²) >= 11 is 3.61. The Labute approximate surface area is 104 Å². The van der Waals surface area contributed by atoms with Crippen molar-refractivity contribution < 1.29 is 0 Å². The lowest BCUT2D eigenvalue weighted by atomic mass is 10.1. The monoisotopic (exact) mass is 252 g/mol. The number of rotatable bonds is 4. The van der Waals surface area contributed by atoms with Gasteiger partial charge in [0.1, 0.15) is 0 Å². The topological polar surface area (TPSA) is 38.0 Å². The van der Waals surface area contributed by atoms with Crippen molar-refractivity contribution in [2.75, 3.05) is 0 Å². The molecule has 2 aromatic heterocycles. The van der Waals surface area contributed by atoms with E-state index in [2.05, 4.69) is 42.9 Å². The van der Waals surface area contributed by atoms with Crippen LogP contribution in [-0.2, 0) is 6.42 Å². The predicted octanol–water partition coefficient (Wildman–Crippen LogP) is 3.17. The van der Waals surface area contributed by atoms with E-state index in [0.717, 1.165) is 6.42 Å². The van der Waals surface area contributed by atoms with Crippen LogP contribution < -0.4 is 11.3 Å². The molecule has 0 fully saturated rings. The van der Waals surface area contributed by atoms with Crippen LogP contribution in [0, 0.1) is 13.8 Å². The van der Waals surface area contributed by atoms with Crippen LogP contribution in [0.3, 0.4) is 0 Å². The molecule has 0 aliphatic carbocycles. The van der Waals surface area contributed by atoms with E-state index in [0.29, 0.717) is 0 Å². The molecule has 2 nitrogen and oxygen atoms in total. The lowest BCUT2D eigenvalue weighted by Crippen LogP contribution is -2.28. The van der Waals surface area contributed by atoms with Gasteiger partial charge in [0.25, 0.3) is 0 Å². The van der Waals surface area contributed by atoms with Gasteiger partial charge in [0.15, 0.2) is 0 Å². The molecule has 0 saturated heterocycles. The summed E-state index contributed by atoms with van der Waals surface area (Å²) < 4.78 is 0. The van der Waals surface area contributed by atoms with Crippen molar-refractivity contribution in [1.29, 1.82) is 0 Å². The highest BCUT2D eigenvalue weighted by Gasteiger charge is 2.14. The zero-order valence-corrected chi connectivity index (χ0v) is 11.1. The molecule has 0 amide bonds. The van der Waals surface area contributed by atoms with Gasteiger partial charge >= 0.3 is 0 Å². The van der Waals surface area contributed by atoms with Gasteiger partial charge < -0.3 is 0 Å². The summed E-state index contributed by atoms with van der Waals surface area (Å²) in [5.74, 6) is 5.64. The Kier molecular flexibility index (Phi) is 3.76. The fraction of sp³-hybridized carbons (Fsp3) is 0.333. The molecular weight excluding hydrogens is 236 g/mol. The Morgan fingerprint density at radius 1 is 1.44 bits per heavy atom. The average Bonchev–Trinajstić information content (AvgIpc) is 2.86. The van der Waals surface area contributed by atoms with Gasteiger partial charge in [-0.1, -0.05) is 6.07 Å². The Hall–Kier alpha value is -0.680. The fourth-order valence-corrected chi connectivity index (χ4v) is 3.50. The summed E-state index contributed by atoms with van der Waals surface area (Å²) in [5.41, 5.74) is 4.27. The molecule has 0 bridgehead atoms. The molecule has 1 atom stereocenters. The van der Waals surface area contributed by atoms with Crippen LogP contribution in [-0.4, -0.2) is 0 Å². The summed E-state index contributed by atoms with van der Waals surface area (Å²) in [4.78, 5) is 4.07. The quantitative estimate of drug-likeness (QED) is 0.648. The van der Waals surface area contributed by atoms with Gasteiger partial charge in [-0.2, -0.15) is 0 Å². The second-order valence-electron chi connectivity index (χ2n) is 3.89. The number of nitrogens with one attached hydrogen (secondary N) is 1. The molecular formula is C12H16N2S2. The summed E-state index contributed by atoms with van der Waals surface area (Å²) in [6, 6.07) is 6.70. The zero-order valence-electron chi connectivity index (χ0n) is 9.49. The summed E-state index contributed by atoms with van der Waals surface area (Å²) in [5, 5.41) is 2.10. The van der Waals surface area contributed by atoms with Crippen molar-refractivity contribution >= 4 is 22.7 Å². The molecule has 0 aromatic carbocycles. The Balaban J connectivity index is 2.16. The van der Waals surface area contributed by atoms with Crippen LogP contribution in [0.25, 0.3) is 0 Å². The maximum atomic E-state index is 5.64. The van der Waals surface area contributed by atoms with E-state index < -0.39 is 0 Å². The first kappa shape index (κ1) is 11.8. The number of hydrazine groups is 1. The molecule has 1 unspecified atom stereocenters. The minimum absolute atomic E-state index is 0.232. The molecule has 0 saturated carbocycles. The second kappa shape index (κ2) is 5.10. The largest absolute Gasteiger partial charge is 0.271 e. The van der Waals surface area contributed by atoms with Gasteiger partial charge in [0.05, 0.1) is 6.04 Å². The van der Waals surface area contributed by atoms with E-state index in [9.17, 15) is 0 Å². The van der Waals surface area contributed by atoms with Crippen LogP contribution in [0.2, 0.25) is 0 Å². The fourth-order valence-electron chi connectivity index (χ4n) is 1.65. The van der Waals surface area contributed by atoms with Crippen molar-refractivity contribution in [3.63, 3.8) is 0 Å². The van der Waals surface area contributed by atoms with Gasteiger partial charge in [-0.25, -0.2) is 0 Å². The molecule has 4 heteroatoms. The molecule has 0 aliphatic rings. The maximum absolute atomic E-state index is 5.64. The third-order valence-electron chi connectivity index (χ3n) is 2.72. The Morgan fingerprint density at radius 3 is 2.75 bits per heavy atom. The van der Waals surface area contributed by atoms with E-state index in [1.807, 2.05) is 11.3 Å². The molecule has 2 aromatic rings. The van der Waals surface area contributed by atoms with Crippen molar-refractivity contribution in [3.8, 4) is 0 Å². The van der Waals surface area contributed by atoms with E-state index in [4.69, 9.17) is 5.84 Å². The van der Waals surface area contributed by atoms with Gasteiger partial charge in [0.2, 0.25) is 0 Å². The molecule has 0 radical (unpaired) electrons. The normalized spacial score (nSPS) is 12.9. The molecule has 0 aliphatic heterocycles. The first-order chi connectivity index (χ1) is 7.70. The van der Waals surface area contributed by atoms with E-state index in [-0.39, 0.29) is 6.04 Å². The van der Waals surface area contributed by atoms with Crippen molar-refractivity contribution in [2.24, 2.45) is 5.84 Å². The zero-order chi connectivity index (χ0) is 11.5. The van der Waals surface area contributed by atoms with Gasteiger partial charge in [-0.15, -0.1) is 22.7 Å². The van der Waals surface area contributed by atoms with Crippen LogP contribution in [0.5, 0.6) is 0 Å². The minimum Gasteiger partial charge on any atom is -0.271 e. The van der Waals surface area contributed by atoms with Crippen molar-refractivity contribution in [2.45, 2.75) is 26.3 Å². The van der Waals surface area contributed by atoms with E-state index >= 15 is 0 Å². The summed E-state index contributed by atoms with van der Waals surface area (Å²) in [7, 11) is 0. The predicted molar refractivity (Wildman–Crippen MR) is 71.9 cm³/mol. The molecule has 86 valence electrons. The molecule has 3 N–H and O–H groups in total. The smallest absolute Gasteiger partial charge is 0.0601 e. The molecule has 16 heavy (non-hydrogen) atoms. The van der Waals surface area contributed by atoms with Gasteiger partial charge in [0, 0.05) is 21.1 Å². The SMILES string of the molecule is Cc1cc(C(Cc2cccs2)NN)sc1C. The summed E-state index contributed by atoms with van der Waals surface area (Å²) in [6.45, 7) is 4.30. The third kappa shape index (κ3) is 2.52. The van der Waals surface area contributed by atoms with Crippen LogP contribution in [0.4, 0.5) is 0 Å².